The monoisotopic (exact) mass is 426 g/mol. The lowest BCUT2D eigenvalue weighted by molar-refractivity contribution is 0.0536. The van der Waals surface area contributed by atoms with Crippen LogP contribution >= 0.6 is 23.2 Å². The van der Waals surface area contributed by atoms with Crippen LogP contribution in [0.2, 0.25) is 5.02 Å². The molecular weight excluding hydrogens is 399 g/mol. The van der Waals surface area contributed by atoms with Crippen molar-refractivity contribution in [2.45, 2.75) is 32.3 Å². The lowest BCUT2D eigenvalue weighted by atomic mass is 9.78. The molecule has 4 nitrogen and oxygen atoms in total. The number of alkyl halides is 1. The molecule has 2 N–H and O–H groups in total. The molecule has 0 aromatic heterocycles. The third-order valence-corrected chi connectivity index (χ3v) is 5.49. The quantitative estimate of drug-likeness (QED) is 0.542. The smallest absolute Gasteiger partial charge is 0.137 e. The fraction of sp³-hybridized carbons (Fsp3) is 0.455. The van der Waals surface area contributed by atoms with Gasteiger partial charge in [-0.25, -0.2) is 0 Å². The summed E-state index contributed by atoms with van der Waals surface area (Å²) in [5.41, 5.74) is 1.90. The van der Waals surface area contributed by atoms with Crippen LogP contribution in [0.4, 0.5) is 0 Å². The van der Waals surface area contributed by atoms with E-state index in [9.17, 15) is 5.11 Å². The fourth-order valence-corrected chi connectivity index (χ4v) is 2.99. The van der Waals surface area contributed by atoms with E-state index in [0.29, 0.717) is 29.0 Å². The Morgan fingerprint density at radius 3 is 2.21 bits per heavy atom. The molecule has 0 saturated heterocycles. The van der Waals surface area contributed by atoms with Gasteiger partial charge in [0.25, 0.3) is 0 Å². The average Bonchev–Trinajstić information content (AvgIpc) is 2.70. The predicted molar refractivity (Wildman–Crippen MR) is 114 cm³/mol. The molecule has 0 spiro atoms. The van der Waals surface area contributed by atoms with Crippen molar-refractivity contribution in [3.8, 4) is 11.5 Å². The third kappa shape index (κ3) is 6.02. The molecule has 0 unspecified atom stereocenters. The van der Waals surface area contributed by atoms with Crippen LogP contribution in [-0.4, -0.2) is 42.0 Å². The second kappa shape index (κ2) is 10.4. The molecule has 0 aliphatic carbocycles. The lowest BCUT2D eigenvalue weighted by Gasteiger charge is -2.27. The molecule has 6 heteroatoms. The van der Waals surface area contributed by atoms with Crippen molar-refractivity contribution in [3.63, 3.8) is 0 Å². The number of rotatable bonds is 10. The number of aliphatic hydroxyl groups excluding tert-OH is 2. The van der Waals surface area contributed by atoms with Gasteiger partial charge < -0.3 is 19.7 Å². The molecule has 2 rings (SSSR count). The van der Waals surface area contributed by atoms with Gasteiger partial charge >= 0.3 is 0 Å². The zero-order valence-corrected chi connectivity index (χ0v) is 18.0. The number of aliphatic hydroxyl groups is 2. The van der Waals surface area contributed by atoms with E-state index in [1.165, 1.54) is 0 Å². The first kappa shape index (κ1) is 22.8. The van der Waals surface area contributed by atoms with E-state index in [-0.39, 0.29) is 24.5 Å². The van der Waals surface area contributed by atoms with Crippen molar-refractivity contribution in [2.75, 3.05) is 25.7 Å². The van der Waals surface area contributed by atoms with Crippen LogP contribution in [0.25, 0.3) is 0 Å². The minimum atomic E-state index is -0.883. The summed E-state index contributed by atoms with van der Waals surface area (Å²) in [6, 6.07) is 13.5. The van der Waals surface area contributed by atoms with Crippen molar-refractivity contribution in [2.24, 2.45) is 5.92 Å². The van der Waals surface area contributed by atoms with E-state index in [4.69, 9.17) is 37.8 Å². The fourth-order valence-electron chi connectivity index (χ4n) is 2.66. The standard InChI is InChI=1S/C22H28Cl2O4/c1-15(11-23)13-28-21-9-6-17(10-20(21)24)22(2,3)16-4-7-19(8-5-16)27-14-18(26)12-25/h4-10,15,18,25-26H,11-14H2,1-3H3/t15-,18+/m1/s1. The molecule has 0 aliphatic heterocycles. The Balaban J connectivity index is 2.11. The summed E-state index contributed by atoms with van der Waals surface area (Å²) in [5, 5.41) is 18.8. The van der Waals surface area contributed by atoms with Gasteiger partial charge in [-0.05, 0) is 35.4 Å². The van der Waals surface area contributed by atoms with Gasteiger partial charge in [0.2, 0.25) is 0 Å². The molecule has 154 valence electrons. The highest BCUT2D eigenvalue weighted by molar-refractivity contribution is 6.32. The summed E-state index contributed by atoms with van der Waals surface area (Å²) in [7, 11) is 0. The normalized spacial score (nSPS) is 13.8. The molecule has 28 heavy (non-hydrogen) atoms. The summed E-state index contributed by atoms with van der Waals surface area (Å²) in [6.45, 7) is 6.53. The highest BCUT2D eigenvalue weighted by Gasteiger charge is 2.24. The van der Waals surface area contributed by atoms with Gasteiger partial charge in [-0.2, -0.15) is 0 Å². The Morgan fingerprint density at radius 1 is 1.00 bits per heavy atom. The van der Waals surface area contributed by atoms with Crippen LogP contribution < -0.4 is 9.47 Å². The van der Waals surface area contributed by atoms with Crippen LogP contribution in [0.3, 0.4) is 0 Å². The second-order valence-electron chi connectivity index (χ2n) is 7.51. The van der Waals surface area contributed by atoms with Gasteiger partial charge in [-0.1, -0.05) is 50.6 Å². The van der Waals surface area contributed by atoms with Crippen LogP contribution in [0.1, 0.15) is 31.9 Å². The number of halogens is 2. The molecule has 0 heterocycles. The van der Waals surface area contributed by atoms with Crippen LogP contribution in [0.5, 0.6) is 11.5 Å². The van der Waals surface area contributed by atoms with Crippen molar-refractivity contribution in [1.29, 1.82) is 0 Å². The number of hydrogen-bond donors (Lipinski definition) is 2. The van der Waals surface area contributed by atoms with Crippen molar-refractivity contribution in [3.05, 3.63) is 58.6 Å². The summed E-state index contributed by atoms with van der Waals surface area (Å²) < 4.78 is 11.2. The Morgan fingerprint density at radius 2 is 1.64 bits per heavy atom. The largest absolute Gasteiger partial charge is 0.492 e. The molecule has 0 saturated carbocycles. The average molecular weight is 427 g/mol. The Kier molecular flexibility index (Phi) is 8.44. The Hall–Kier alpha value is -1.46. The molecule has 0 radical (unpaired) electrons. The van der Waals surface area contributed by atoms with Gasteiger partial charge in [0.1, 0.15) is 24.2 Å². The first-order valence-electron chi connectivity index (χ1n) is 9.29. The summed E-state index contributed by atoms with van der Waals surface area (Å²) in [5.74, 6) is 2.10. The SMILES string of the molecule is C[C@H](CCl)COc1ccc(C(C)(C)c2ccc(OC[C@@H](O)CO)cc2)cc1Cl. The number of ether oxygens (including phenoxy) is 2. The maximum atomic E-state index is 9.38. The second-order valence-corrected chi connectivity index (χ2v) is 8.23. The maximum Gasteiger partial charge on any atom is 0.137 e. The van der Waals surface area contributed by atoms with Gasteiger partial charge in [0.15, 0.2) is 0 Å². The molecular formula is C22H28Cl2O4. The minimum Gasteiger partial charge on any atom is -0.492 e. The van der Waals surface area contributed by atoms with Crippen molar-refractivity contribution >= 4 is 23.2 Å². The number of hydrogen-bond acceptors (Lipinski definition) is 4. The van der Waals surface area contributed by atoms with Crippen LogP contribution in [0.15, 0.2) is 42.5 Å². The van der Waals surface area contributed by atoms with E-state index in [0.717, 1.165) is 11.1 Å². The summed E-state index contributed by atoms with van der Waals surface area (Å²) in [4.78, 5) is 0. The van der Waals surface area contributed by atoms with Crippen LogP contribution in [0, 0.1) is 5.92 Å². The van der Waals surface area contributed by atoms with E-state index >= 15 is 0 Å². The lowest BCUT2D eigenvalue weighted by Crippen LogP contribution is -2.21. The molecule has 2 atom stereocenters. The Bertz CT molecular complexity index is 747. The van der Waals surface area contributed by atoms with Crippen molar-refractivity contribution in [1.82, 2.24) is 0 Å². The molecule has 2 aromatic carbocycles. The Labute approximate surface area is 177 Å². The third-order valence-electron chi connectivity index (χ3n) is 4.67. The van der Waals surface area contributed by atoms with Crippen LogP contribution in [-0.2, 0) is 5.41 Å². The van der Waals surface area contributed by atoms with Gasteiger partial charge in [-0.3, -0.25) is 0 Å². The predicted octanol–water partition coefficient (Wildman–Crippen LogP) is 4.65. The first-order valence-corrected chi connectivity index (χ1v) is 10.2. The molecule has 0 bridgehead atoms. The molecule has 0 fully saturated rings. The molecule has 2 aromatic rings. The maximum absolute atomic E-state index is 9.38. The zero-order valence-electron chi connectivity index (χ0n) is 16.5. The van der Waals surface area contributed by atoms with Gasteiger partial charge in [0.05, 0.1) is 18.2 Å². The zero-order chi connectivity index (χ0) is 20.7. The van der Waals surface area contributed by atoms with Gasteiger partial charge in [-0.15, -0.1) is 11.6 Å². The first-order chi connectivity index (χ1) is 13.3. The molecule has 0 amide bonds. The highest BCUT2D eigenvalue weighted by atomic mass is 35.5. The van der Waals surface area contributed by atoms with Gasteiger partial charge in [0, 0.05) is 17.2 Å². The van der Waals surface area contributed by atoms with E-state index in [1.54, 1.807) is 0 Å². The topological polar surface area (TPSA) is 58.9 Å². The summed E-state index contributed by atoms with van der Waals surface area (Å²) >= 11 is 12.3. The van der Waals surface area contributed by atoms with E-state index in [1.807, 2.05) is 49.4 Å². The highest BCUT2D eigenvalue weighted by Crippen LogP contribution is 2.36. The van der Waals surface area contributed by atoms with Crippen molar-refractivity contribution < 1.29 is 19.7 Å². The van der Waals surface area contributed by atoms with E-state index < -0.39 is 6.10 Å². The number of benzene rings is 2. The summed E-state index contributed by atoms with van der Waals surface area (Å²) in [6.07, 6.45) is -0.883. The molecule has 0 aliphatic rings. The van der Waals surface area contributed by atoms with E-state index in [2.05, 4.69) is 13.8 Å². The minimum absolute atomic E-state index is 0.0542.